The summed E-state index contributed by atoms with van der Waals surface area (Å²) in [5.74, 6) is -2.70. The number of hydrogen-bond donors (Lipinski definition) is 2. The van der Waals surface area contributed by atoms with E-state index in [1.807, 2.05) is 13.0 Å². The molecule has 0 amide bonds. The van der Waals surface area contributed by atoms with Crippen molar-refractivity contribution in [3.63, 3.8) is 0 Å². The largest absolute Gasteiger partial charge is 0.490 e. The Kier molecular flexibility index (Phi) is 17.6. The van der Waals surface area contributed by atoms with Crippen molar-refractivity contribution in [2.24, 2.45) is 0 Å². The number of alkyl halides is 6. The van der Waals surface area contributed by atoms with Crippen molar-refractivity contribution < 1.29 is 64.1 Å². The van der Waals surface area contributed by atoms with Crippen LogP contribution in [0.3, 0.4) is 0 Å². The van der Waals surface area contributed by atoms with E-state index in [0.29, 0.717) is 52.0 Å². The highest BCUT2D eigenvalue weighted by molar-refractivity contribution is 6.58. The van der Waals surface area contributed by atoms with Crippen molar-refractivity contribution in [1.82, 2.24) is 49.6 Å². The van der Waals surface area contributed by atoms with E-state index >= 15 is 0 Å². The van der Waals surface area contributed by atoms with Gasteiger partial charge in [-0.05, 0) is 49.2 Å². The van der Waals surface area contributed by atoms with Crippen LogP contribution in [0.25, 0.3) is 22.6 Å². The van der Waals surface area contributed by atoms with E-state index in [1.54, 1.807) is 24.6 Å². The van der Waals surface area contributed by atoms with Crippen molar-refractivity contribution in [3.05, 3.63) is 76.2 Å². The number of halogens is 9. The molecule has 0 unspecified atom stereocenters. The molecule has 0 bridgehead atoms. The van der Waals surface area contributed by atoms with Crippen LogP contribution >= 0.6 is 11.6 Å². The van der Waals surface area contributed by atoms with Crippen LogP contribution in [0.15, 0.2) is 36.7 Å². The quantitative estimate of drug-likeness (QED) is 0.137. The summed E-state index contributed by atoms with van der Waals surface area (Å²) in [4.78, 5) is 6.81. The molecule has 0 aromatic carbocycles. The molecule has 0 saturated heterocycles. The lowest BCUT2D eigenvalue weighted by Gasteiger charge is -2.10. The molecule has 16 nitrogen and oxygen atoms in total. The Labute approximate surface area is 329 Å². The van der Waals surface area contributed by atoms with Crippen LogP contribution in [0.4, 0.5) is 35.1 Å². The highest BCUT2D eigenvalue weighted by Gasteiger charge is 2.30. The maximum absolute atomic E-state index is 14.1. The van der Waals surface area contributed by atoms with Gasteiger partial charge in [0.15, 0.2) is 52.9 Å². The third kappa shape index (κ3) is 13.4. The van der Waals surface area contributed by atoms with E-state index in [0.717, 1.165) is 17.8 Å². The second-order valence-corrected chi connectivity index (χ2v) is 11.5. The zero-order valence-electron chi connectivity index (χ0n) is 29.3. The molecule has 58 heavy (non-hydrogen) atoms. The van der Waals surface area contributed by atoms with E-state index < -0.39 is 56.1 Å². The van der Waals surface area contributed by atoms with Gasteiger partial charge in [0.25, 0.3) is 11.8 Å². The Morgan fingerprint density at radius 2 is 1.16 bits per heavy atom. The summed E-state index contributed by atoms with van der Waals surface area (Å²) in [5, 5.41) is 42.0. The molecule has 6 aromatic rings. The Morgan fingerprint density at radius 3 is 1.60 bits per heavy atom. The standard InChI is InChI=1S/C15H13F4N5O2.C8H9ClN4O.C7H6BF4NO3.2CH4/c1-8-3-11-21-22-12(6-25-2)24(11)23-13(8)9-4-10(16)14(20-5-9)26-7-15(17,18)19;1-5-3-6-10-11-7(4-14-2)13(6)12-8(5)9;9-5-1-4(8(14)15)2-13-6(5)16-3-7(10,11)12;;/h3-5H,6-7H2,1-2H3;3H,4H2,1-2H3;1-2,14-15H,3H2;2*1H4. The predicted octanol–water partition coefficient (Wildman–Crippen LogP) is 5.07. The van der Waals surface area contributed by atoms with Gasteiger partial charge in [0.1, 0.15) is 13.2 Å². The second-order valence-electron chi connectivity index (χ2n) is 11.2. The van der Waals surface area contributed by atoms with Gasteiger partial charge in [-0.1, -0.05) is 26.5 Å². The van der Waals surface area contributed by atoms with Crippen molar-refractivity contribution in [3.8, 4) is 23.0 Å². The van der Waals surface area contributed by atoms with Crippen molar-refractivity contribution >= 4 is 35.5 Å². The molecule has 0 radical (unpaired) electrons. The fraction of sp³-hybridized carbons (Fsp3) is 0.375. The minimum Gasteiger partial charge on any atom is -0.466 e. The van der Waals surface area contributed by atoms with E-state index in [9.17, 15) is 35.1 Å². The Morgan fingerprint density at radius 1 is 0.690 bits per heavy atom. The molecule has 26 heteroatoms. The number of pyridine rings is 2. The predicted molar refractivity (Wildman–Crippen MR) is 191 cm³/mol. The first-order chi connectivity index (χ1) is 26.3. The minimum atomic E-state index is -4.59. The summed E-state index contributed by atoms with van der Waals surface area (Å²) in [6.07, 6.45) is -7.18. The van der Waals surface area contributed by atoms with Gasteiger partial charge in [-0.15, -0.1) is 20.4 Å². The number of ether oxygens (including phenoxy) is 4. The number of hydrogen-bond acceptors (Lipinski definition) is 14. The molecular weight excluding hydrogens is 819 g/mol. The van der Waals surface area contributed by atoms with Gasteiger partial charge < -0.3 is 29.0 Å². The van der Waals surface area contributed by atoms with Crippen molar-refractivity contribution in [2.75, 3.05) is 27.4 Å². The fourth-order valence-electron chi connectivity index (χ4n) is 4.28. The van der Waals surface area contributed by atoms with Crippen molar-refractivity contribution in [2.45, 2.75) is 54.3 Å². The SMILES string of the molecule is C.C.COCc1nnc2cc(C)c(-c3cnc(OCC(F)(F)F)c(F)c3)nn12.COCc1nnc2cc(C)c(Cl)nn12.OB(O)c1cnc(OCC(F)(F)F)c(F)c1. The molecule has 316 valence electrons. The lowest BCUT2D eigenvalue weighted by Crippen LogP contribution is -2.31. The maximum Gasteiger partial charge on any atom is 0.490 e. The molecule has 0 aliphatic rings. The highest BCUT2D eigenvalue weighted by atomic mass is 35.5. The van der Waals surface area contributed by atoms with E-state index in [4.69, 9.17) is 31.1 Å². The summed E-state index contributed by atoms with van der Waals surface area (Å²) in [5.41, 5.74) is 3.09. The highest BCUT2D eigenvalue weighted by Crippen LogP contribution is 2.26. The zero-order valence-corrected chi connectivity index (χ0v) is 30.0. The van der Waals surface area contributed by atoms with E-state index in [2.05, 4.69) is 50.0 Å². The second kappa shape index (κ2) is 20.9. The number of methoxy groups -OCH3 is 2. The normalized spacial score (nSPS) is 11.2. The molecule has 0 saturated carbocycles. The summed E-state index contributed by atoms with van der Waals surface area (Å²) in [6, 6.07) is 5.17. The van der Waals surface area contributed by atoms with Crippen molar-refractivity contribution in [1.29, 1.82) is 0 Å². The monoisotopic (exact) mass is 854 g/mol. The summed E-state index contributed by atoms with van der Waals surface area (Å²) < 4.78 is 120. The van der Waals surface area contributed by atoms with Crippen LogP contribution in [-0.4, -0.2) is 107 Å². The molecule has 0 fully saturated rings. The zero-order chi connectivity index (χ0) is 41.4. The molecule has 6 aromatic heterocycles. The van der Waals surface area contributed by atoms with Crippen LogP contribution in [-0.2, 0) is 22.7 Å². The Balaban J connectivity index is 0.000000314. The number of aryl methyl sites for hydroxylation is 2. The molecule has 6 rings (SSSR count). The van der Waals surface area contributed by atoms with Crippen LogP contribution in [0, 0.1) is 25.5 Å². The lowest BCUT2D eigenvalue weighted by molar-refractivity contribution is -0.155. The smallest absolute Gasteiger partial charge is 0.466 e. The van der Waals surface area contributed by atoms with E-state index in [-0.39, 0.29) is 32.5 Å². The van der Waals surface area contributed by atoms with Gasteiger partial charge in [-0.3, -0.25) is 0 Å². The van der Waals surface area contributed by atoms with Gasteiger partial charge in [0.2, 0.25) is 0 Å². The first-order valence-electron chi connectivity index (χ1n) is 15.4. The number of fused-ring (bicyclic) bond motifs is 2. The van der Waals surface area contributed by atoms with Gasteiger partial charge in [-0.25, -0.2) is 18.7 Å². The summed E-state index contributed by atoms with van der Waals surface area (Å²) in [7, 11) is 1.14. The third-order valence-electron chi connectivity index (χ3n) is 6.74. The number of rotatable bonds is 10. The van der Waals surface area contributed by atoms with Crippen LogP contribution in [0.5, 0.6) is 11.8 Å². The molecule has 0 aliphatic carbocycles. The third-order valence-corrected chi connectivity index (χ3v) is 7.11. The van der Waals surface area contributed by atoms with Crippen LogP contribution < -0.4 is 14.9 Å². The summed E-state index contributed by atoms with van der Waals surface area (Å²) in [6.45, 7) is 0.860. The average molecular weight is 855 g/mol. The molecule has 2 N–H and O–H groups in total. The summed E-state index contributed by atoms with van der Waals surface area (Å²) >= 11 is 5.89. The lowest BCUT2D eigenvalue weighted by atomic mass is 9.82. The first-order valence-corrected chi connectivity index (χ1v) is 15.8. The Bertz CT molecular complexity index is 2260. The molecule has 0 spiro atoms. The van der Waals surface area contributed by atoms with Gasteiger partial charge in [-0.2, -0.15) is 45.6 Å². The van der Waals surface area contributed by atoms with Crippen LogP contribution in [0.2, 0.25) is 5.15 Å². The topological polar surface area (TPSA) is 189 Å². The van der Waals surface area contributed by atoms with Gasteiger partial charge in [0, 0.05) is 37.6 Å². The first kappa shape index (κ1) is 48.8. The van der Waals surface area contributed by atoms with Crippen LogP contribution in [0.1, 0.15) is 37.6 Å². The van der Waals surface area contributed by atoms with Gasteiger partial charge >= 0.3 is 19.5 Å². The molecular formula is C32H36BClF8N10O6. The number of aromatic nitrogens is 10. The molecule has 0 atom stereocenters. The van der Waals surface area contributed by atoms with Gasteiger partial charge in [0.05, 0.1) is 5.69 Å². The maximum atomic E-state index is 14.1. The fourth-order valence-corrected chi connectivity index (χ4v) is 4.41. The molecule has 0 aliphatic heterocycles. The Hall–Kier alpha value is -5.37. The number of nitrogens with zero attached hydrogens (tertiary/aromatic N) is 10. The van der Waals surface area contributed by atoms with E-state index in [1.165, 1.54) is 17.8 Å². The molecule has 6 heterocycles. The minimum absolute atomic E-state index is 0. The average Bonchev–Trinajstić information content (AvgIpc) is 3.69.